The van der Waals surface area contributed by atoms with E-state index in [2.05, 4.69) is 29.2 Å². The zero-order valence-electron chi connectivity index (χ0n) is 17.8. The number of benzene rings is 3. The molecule has 1 saturated heterocycles. The van der Waals surface area contributed by atoms with Gasteiger partial charge < -0.3 is 15.6 Å². The van der Waals surface area contributed by atoms with Crippen LogP contribution in [0.3, 0.4) is 0 Å². The number of ether oxygens (including phenoxy) is 1. The minimum Gasteiger partial charge on any atom is -0.390 e. The molecule has 3 atom stereocenters. The van der Waals surface area contributed by atoms with Crippen LogP contribution in [0.15, 0.2) is 78.9 Å². The van der Waals surface area contributed by atoms with Crippen LogP contribution in [0.4, 0.5) is 8.78 Å². The van der Waals surface area contributed by atoms with E-state index in [9.17, 15) is 13.9 Å². The maximum Gasteiger partial charge on any atom is 0.126 e. The van der Waals surface area contributed by atoms with Crippen LogP contribution in [-0.2, 0) is 11.2 Å². The third-order valence-electron chi connectivity index (χ3n) is 6.00. The number of hydrogen-bond acceptors (Lipinski definition) is 4. The number of aliphatic hydroxyl groups excluding tert-OH is 1. The molecule has 1 aliphatic heterocycles. The molecule has 3 aromatic rings. The summed E-state index contributed by atoms with van der Waals surface area (Å²) in [7, 11) is 0. The highest BCUT2D eigenvalue weighted by atomic mass is 19.1. The number of hydrogen-bond donors (Lipinski definition) is 2. The molecule has 1 heterocycles. The SMILES string of the molecule is N[C@@H](Cc1cc(F)cc(F)c1)[C@H](O)C1COCCN1C(c1ccccc1)c1ccccc1. The van der Waals surface area contributed by atoms with Crippen molar-refractivity contribution in [3.8, 4) is 0 Å². The number of morpholine rings is 1. The molecule has 0 aromatic heterocycles. The molecular weight excluding hydrogens is 410 g/mol. The summed E-state index contributed by atoms with van der Waals surface area (Å²) in [6, 6.07) is 22.4. The number of halogens is 2. The Balaban J connectivity index is 1.61. The second kappa shape index (κ2) is 10.3. The van der Waals surface area contributed by atoms with Gasteiger partial charge in [-0.05, 0) is 35.2 Å². The molecule has 0 amide bonds. The van der Waals surface area contributed by atoms with E-state index in [-0.39, 0.29) is 18.5 Å². The highest BCUT2D eigenvalue weighted by Crippen LogP contribution is 2.33. The van der Waals surface area contributed by atoms with Crippen LogP contribution in [0.25, 0.3) is 0 Å². The van der Waals surface area contributed by atoms with Crippen LogP contribution in [0.1, 0.15) is 22.7 Å². The first-order chi connectivity index (χ1) is 15.5. The fourth-order valence-corrected chi connectivity index (χ4v) is 4.50. The van der Waals surface area contributed by atoms with Gasteiger partial charge in [0.15, 0.2) is 0 Å². The summed E-state index contributed by atoms with van der Waals surface area (Å²) in [5.41, 5.74) is 8.98. The van der Waals surface area contributed by atoms with Gasteiger partial charge in [0.25, 0.3) is 0 Å². The zero-order chi connectivity index (χ0) is 22.5. The van der Waals surface area contributed by atoms with E-state index in [0.717, 1.165) is 17.2 Å². The molecule has 0 bridgehead atoms. The van der Waals surface area contributed by atoms with Crippen molar-refractivity contribution < 1.29 is 18.6 Å². The zero-order valence-corrected chi connectivity index (χ0v) is 17.8. The van der Waals surface area contributed by atoms with E-state index in [1.165, 1.54) is 12.1 Å². The Kier molecular flexibility index (Phi) is 7.27. The topological polar surface area (TPSA) is 58.7 Å². The van der Waals surface area contributed by atoms with Gasteiger partial charge in [-0.2, -0.15) is 0 Å². The number of aliphatic hydroxyl groups is 1. The molecule has 0 spiro atoms. The predicted molar refractivity (Wildman–Crippen MR) is 120 cm³/mol. The van der Waals surface area contributed by atoms with E-state index in [1.54, 1.807) is 0 Å². The molecule has 0 radical (unpaired) electrons. The summed E-state index contributed by atoms with van der Waals surface area (Å²) in [6.45, 7) is 1.49. The van der Waals surface area contributed by atoms with E-state index >= 15 is 0 Å². The third-order valence-corrected chi connectivity index (χ3v) is 6.00. The van der Waals surface area contributed by atoms with E-state index in [4.69, 9.17) is 10.5 Å². The minimum atomic E-state index is -0.948. The van der Waals surface area contributed by atoms with E-state index in [1.807, 2.05) is 36.4 Å². The minimum absolute atomic E-state index is 0.0836. The summed E-state index contributed by atoms with van der Waals surface area (Å²) in [4.78, 5) is 2.23. The van der Waals surface area contributed by atoms with Gasteiger partial charge in [-0.25, -0.2) is 8.78 Å². The van der Waals surface area contributed by atoms with Gasteiger partial charge in [0.2, 0.25) is 0 Å². The van der Waals surface area contributed by atoms with Crippen molar-refractivity contribution in [2.75, 3.05) is 19.8 Å². The molecule has 0 aliphatic carbocycles. The maximum absolute atomic E-state index is 13.6. The second-order valence-electron chi connectivity index (χ2n) is 8.24. The van der Waals surface area contributed by atoms with Gasteiger partial charge in [-0.3, -0.25) is 4.90 Å². The van der Waals surface area contributed by atoms with Crippen LogP contribution in [0.5, 0.6) is 0 Å². The van der Waals surface area contributed by atoms with Crippen molar-refractivity contribution in [2.24, 2.45) is 5.73 Å². The van der Waals surface area contributed by atoms with Gasteiger partial charge in [0.05, 0.1) is 31.4 Å². The van der Waals surface area contributed by atoms with E-state index in [0.29, 0.717) is 25.3 Å². The Morgan fingerprint density at radius 1 is 0.938 bits per heavy atom. The van der Waals surface area contributed by atoms with E-state index < -0.39 is 23.8 Å². The summed E-state index contributed by atoms with van der Waals surface area (Å²) < 4.78 is 32.9. The van der Waals surface area contributed by atoms with Crippen LogP contribution in [0.2, 0.25) is 0 Å². The lowest BCUT2D eigenvalue weighted by atomic mass is 9.91. The molecule has 1 fully saturated rings. The molecule has 1 aliphatic rings. The maximum atomic E-state index is 13.6. The summed E-state index contributed by atoms with van der Waals surface area (Å²) in [5.74, 6) is -1.31. The van der Waals surface area contributed by atoms with Crippen molar-refractivity contribution in [1.29, 1.82) is 0 Å². The first kappa shape index (κ1) is 22.6. The largest absolute Gasteiger partial charge is 0.390 e. The van der Waals surface area contributed by atoms with Crippen molar-refractivity contribution in [3.05, 3.63) is 107 Å². The molecule has 32 heavy (non-hydrogen) atoms. The third kappa shape index (κ3) is 5.22. The number of nitrogens with zero attached hydrogens (tertiary/aromatic N) is 1. The van der Waals surface area contributed by atoms with Crippen LogP contribution in [0, 0.1) is 11.6 Å². The lowest BCUT2D eigenvalue weighted by molar-refractivity contribution is -0.0765. The highest BCUT2D eigenvalue weighted by molar-refractivity contribution is 5.32. The first-order valence-electron chi connectivity index (χ1n) is 10.8. The molecule has 0 saturated carbocycles. The number of nitrogens with two attached hydrogens (primary N) is 1. The number of rotatable bonds is 7. The Hall–Kier alpha value is -2.64. The van der Waals surface area contributed by atoms with Crippen molar-refractivity contribution in [1.82, 2.24) is 4.90 Å². The summed E-state index contributed by atoms with van der Waals surface area (Å²) in [5, 5.41) is 11.2. The summed E-state index contributed by atoms with van der Waals surface area (Å²) >= 11 is 0. The first-order valence-corrected chi connectivity index (χ1v) is 10.8. The average molecular weight is 439 g/mol. The smallest absolute Gasteiger partial charge is 0.126 e. The van der Waals surface area contributed by atoms with Crippen LogP contribution < -0.4 is 5.73 Å². The van der Waals surface area contributed by atoms with Crippen LogP contribution in [-0.4, -0.2) is 48.0 Å². The summed E-state index contributed by atoms with van der Waals surface area (Å²) in [6.07, 6.45) is -0.793. The second-order valence-corrected chi connectivity index (χ2v) is 8.24. The fraction of sp³-hybridized carbons (Fsp3) is 0.308. The normalized spacial score (nSPS) is 19.1. The van der Waals surface area contributed by atoms with Gasteiger partial charge in [-0.15, -0.1) is 0 Å². The molecule has 1 unspecified atom stereocenters. The molecular formula is C26H28F2N2O2. The Morgan fingerprint density at radius 3 is 2.06 bits per heavy atom. The Morgan fingerprint density at radius 2 is 1.50 bits per heavy atom. The standard InChI is InChI=1S/C26H28F2N2O2/c27-21-13-18(14-22(28)16-21)15-23(29)26(31)24-17-32-12-11-30(24)25(19-7-3-1-4-8-19)20-9-5-2-6-10-20/h1-10,13-14,16,23-26,31H,11-12,15,17,29H2/t23-,24?,26-/m0/s1. The van der Waals surface area contributed by atoms with Gasteiger partial charge in [-0.1, -0.05) is 60.7 Å². The van der Waals surface area contributed by atoms with Crippen molar-refractivity contribution in [2.45, 2.75) is 30.7 Å². The fourth-order valence-electron chi connectivity index (χ4n) is 4.50. The molecule has 4 rings (SSSR count). The van der Waals surface area contributed by atoms with Crippen molar-refractivity contribution in [3.63, 3.8) is 0 Å². The Labute approximate surface area is 187 Å². The molecule has 4 nitrogen and oxygen atoms in total. The highest BCUT2D eigenvalue weighted by Gasteiger charge is 2.37. The van der Waals surface area contributed by atoms with Crippen LogP contribution >= 0.6 is 0 Å². The quantitative estimate of drug-likeness (QED) is 0.591. The lowest BCUT2D eigenvalue weighted by Gasteiger charge is -2.44. The molecule has 3 aromatic carbocycles. The van der Waals surface area contributed by atoms with Gasteiger partial charge >= 0.3 is 0 Å². The monoisotopic (exact) mass is 438 g/mol. The molecule has 3 N–H and O–H groups in total. The Bertz CT molecular complexity index is 943. The molecule has 168 valence electrons. The predicted octanol–water partition coefficient (Wildman–Crippen LogP) is 3.69. The molecule has 6 heteroatoms. The van der Waals surface area contributed by atoms with Gasteiger partial charge in [0.1, 0.15) is 11.6 Å². The average Bonchev–Trinajstić information content (AvgIpc) is 2.80. The van der Waals surface area contributed by atoms with Crippen molar-refractivity contribution >= 4 is 0 Å². The van der Waals surface area contributed by atoms with Gasteiger partial charge in [0, 0.05) is 18.7 Å². The lowest BCUT2D eigenvalue weighted by Crippen LogP contribution is -2.58.